The summed E-state index contributed by atoms with van der Waals surface area (Å²) in [5.74, 6) is 0.322. The molecular weight excluding hydrogens is 288 g/mol. The first-order valence-corrected chi connectivity index (χ1v) is 7.91. The summed E-state index contributed by atoms with van der Waals surface area (Å²) in [7, 11) is -3.49. The van der Waals surface area contributed by atoms with E-state index in [-0.39, 0.29) is 10.8 Å². The molecule has 0 spiro atoms. The number of amides is 1. The van der Waals surface area contributed by atoms with E-state index >= 15 is 0 Å². The van der Waals surface area contributed by atoms with Gasteiger partial charge in [0.2, 0.25) is 15.9 Å². The van der Waals surface area contributed by atoms with Crippen LogP contribution in [0.2, 0.25) is 0 Å². The number of nitrogens with one attached hydrogen (secondary N) is 2. The van der Waals surface area contributed by atoms with E-state index in [1.54, 1.807) is 12.1 Å². The Morgan fingerprint density at radius 1 is 1.21 bits per heavy atom. The lowest BCUT2D eigenvalue weighted by atomic mass is 10.3. The van der Waals surface area contributed by atoms with Gasteiger partial charge in [0.05, 0.1) is 4.90 Å². The molecule has 0 bridgehead atoms. The fourth-order valence-electron chi connectivity index (χ4n) is 1.43. The van der Waals surface area contributed by atoms with Gasteiger partial charge in [0.25, 0.3) is 0 Å². The van der Waals surface area contributed by atoms with Gasteiger partial charge in [0, 0.05) is 25.0 Å². The summed E-state index contributed by atoms with van der Waals surface area (Å²) < 4.78 is 26.3. The predicted molar refractivity (Wildman–Crippen MR) is 75.9 cm³/mol. The number of hydrogen-bond donors (Lipinski definition) is 2. The number of alkyl halides is 1. The third-order valence-electron chi connectivity index (χ3n) is 2.34. The molecule has 0 radical (unpaired) electrons. The Kier molecular flexibility index (Phi) is 6.27. The Morgan fingerprint density at radius 3 is 2.37 bits per heavy atom. The van der Waals surface area contributed by atoms with E-state index in [1.165, 1.54) is 19.1 Å². The standard InChI is InChI=1S/C12H17ClN2O3S/c1-10(16)15-11-4-6-12(7-5-11)19(17,18)14-9-3-2-8-13/h4-7,14H,2-3,8-9H2,1H3,(H,15,16). The Hall–Kier alpha value is -1.11. The minimum atomic E-state index is -3.49. The highest BCUT2D eigenvalue weighted by atomic mass is 35.5. The molecule has 1 amide bonds. The van der Waals surface area contributed by atoms with Gasteiger partial charge in [-0.05, 0) is 37.1 Å². The molecule has 106 valence electrons. The molecule has 0 fully saturated rings. The van der Waals surface area contributed by atoms with E-state index in [0.717, 1.165) is 6.42 Å². The molecule has 0 aromatic heterocycles. The van der Waals surface area contributed by atoms with E-state index < -0.39 is 10.0 Å². The van der Waals surface area contributed by atoms with Crippen molar-refractivity contribution in [2.75, 3.05) is 17.7 Å². The van der Waals surface area contributed by atoms with Crippen molar-refractivity contribution in [3.05, 3.63) is 24.3 Å². The lowest BCUT2D eigenvalue weighted by Crippen LogP contribution is -2.24. The highest BCUT2D eigenvalue weighted by Crippen LogP contribution is 2.13. The van der Waals surface area contributed by atoms with Gasteiger partial charge in [-0.25, -0.2) is 13.1 Å². The first-order chi connectivity index (χ1) is 8.95. The molecule has 0 aliphatic heterocycles. The summed E-state index contributed by atoms with van der Waals surface area (Å²) in [6.45, 7) is 1.76. The van der Waals surface area contributed by atoms with Gasteiger partial charge in [-0.3, -0.25) is 4.79 Å². The molecule has 1 aromatic carbocycles. The van der Waals surface area contributed by atoms with Crippen LogP contribution in [0.3, 0.4) is 0 Å². The van der Waals surface area contributed by atoms with Gasteiger partial charge in [0.1, 0.15) is 0 Å². The molecule has 0 unspecified atom stereocenters. The van der Waals surface area contributed by atoms with Crippen LogP contribution in [-0.2, 0) is 14.8 Å². The second-order valence-electron chi connectivity index (χ2n) is 4.00. The Balaban J connectivity index is 2.65. The molecule has 1 aromatic rings. The maximum atomic E-state index is 11.9. The molecule has 1 rings (SSSR count). The molecule has 0 saturated heterocycles. The van der Waals surface area contributed by atoms with Crippen molar-refractivity contribution in [2.24, 2.45) is 0 Å². The number of anilines is 1. The van der Waals surface area contributed by atoms with Crippen LogP contribution < -0.4 is 10.0 Å². The van der Waals surface area contributed by atoms with E-state index in [0.29, 0.717) is 24.5 Å². The highest BCUT2D eigenvalue weighted by molar-refractivity contribution is 7.89. The number of benzene rings is 1. The van der Waals surface area contributed by atoms with E-state index in [1.807, 2.05) is 0 Å². The molecular formula is C12H17ClN2O3S. The third-order valence-corrected chi connectivity index (χ3v) is 4.08. The van der Waals surface area contributed by atoms with Crippen LogP contribution in [-0.4, -0.2) is 26.7 Å². The zero-order chi connectivity index (χ0) is 14.3. The van der Waals surface area contributed by atoms with Gasteiger partial charge in [-0.1, -0.05) is 0 Å². The van der Waals surface area contributed by atoms with Crippen LogP contribution in [0.5, 0.6) is 0 Å². The predicted octanol–water partition coefficient (Wildman–Crippen LogP) is 1.94. The largest absolute Gasteiger partial charge is 0.326 e. The van der Waals surface area contributed by atoms with Crippen LogP contribution >= 0.6 is 11.6 Å². The van der Waals surface area contributed by atoms with E-state index in [2.05, 4.69) is 10.0 Å². The molecule has 5 nitrogen and oxygen atoms in total. The number of sulfonamides is 1. The second-order valence-corrected chi connectivity index (χ2v) is 6.14. The summed E-state index contributed by atoms with van der Waals surface area (Å²) in [4.78, 5) is 11.0. The average molecular weight is 305 g/mol. The normalized spacial score (nSPS) is 11.3. The molecule has 19 heavy (non-hydrogen) atoms. The monoisotopic (exact) mass is 304 g/mol. The van der Waals surface area contributed by atoms with Gasteiger partial charge < -0.3 is 5.32 Å². The number of halogens is 1. The van der Waals surface area contributed by atoms with Gasteiger partial charge in [-0.2, -0.15) is 0 Å². The topological polar surface area (TPSA) is 75.3 Å². The molecule has 7 heteroatoms. The lowest BCUT2D eigenvalue weighted by Gasteiger charge is -2.07. The summed E-state index contributed by atoms with van der Waals surface area (Å²) in [6, 6.07) is 6.01. The Labute approximate surface area is 118 Å². The zero-order valence-corrected chi connectivity index (χ0v) is 12.2. The van der Waals surface area contributed by atoms with Crippen molar-refractivity contribution in [1.29, 1.82) is 0 Å². The Bertz CT molecular complexity index is 514. The van der Waals surface area contributed by atoms with Crippen LogP contribution in [0.4, 0.5) is 5.69 Å². The van der Waals surface area contributed by atoms with Crippen LogP contribution in [0.1, 0.15) is 19.8 Å². The second kappa shape index (κ2) is 7.47. The van der Waals surface area contributed by atoms with Gasteiger partial charge in [-0.15, -0.1) is 11.6 Å². The minimum absolute atomic E-state index is 0.174. The molecule has 0 saturated carbocycles. The summed E-state index contributed by atoms with van der Waals surface area (Å²) >= 11 is 5.52. The number of carbonyl (C=O) groups excluding carboxylic acids is 1. The zero-order valence-electron chi connectivity index (χ0n) is 10.6. The molecule has 2 N–H and O–H groups in total. The SMILES string of the molecule is CC(=O)Nc1ccc(S(=O)(=O)NCCCCCl)cc1. The van der Waals surface area contributed by atoms with E-state index in [4.69, 9.17) is 11.6 Å². The maximum Gasteiger partial charge on any atom is 0.240 e. The lowest BCUT2D eigenvalue weighted by molar-refractivity contribution is -0.114. The fourth-order valence-corrected chi connectivity index (χ4v) is 2.69. The van der Waals surface area contributed by atoms with Crippen molar-refractivity contribution in [3.63, 3.8) is 0 Å². The van der Waals surface area contributed by atoms with Crippen molar-refractivity contribution < 1.29 is 13.2 Å². The summed E-state index contributed by atoms with van der Waals surface area (Å²) in [6.07, 6.45) is 1.47. The van der Waals surface area contributed by atoms with E-state index in [9.17, 15) is 13.2 Å². The highest BCUT2D eigenvalue weighted by Gasteiger charge is 2.12. The fraction of sp³-hybridized carbons (Fsp3) is 0.417. The molecule has 0 atom stereocenters. The van der Waals surface area contributed by atoms with Crippen molar-refractivity contribution in [2.45, 2.75) is 24.7 Å². The molecule has 0 heterocycles. The minimum Gasteiger partial charge on any atom is -0.326 e. The first kappa shape index (κ1) is 15.9. The van der Waals surface area contributed by atoms with Gasteiger partial charge >= 0.3 is 0 Å². The van der Waals surface area contributed by atoms with Crippen molar-refractivity contribution in [1.82, 2.24) is 4.72 Å². The number of rotatable bonds is 7. The van der Waals surface area contributed by atoms with Crippen LogP contribution in [0, 0.1) is 0 Å². The average Bonchev–Trinajstić information content (AvgIpc) is 2.35. The van der Waals surface area contributed by atoms with Crippen LogP contribution in [0.15, 0.2) is 29.2 Å². The summed E-state index contributed by atoms with van der Waals surface area (Å²) in [5.41, 5.74) is 0.564. The number of unbranched alkanes of at least 4 members (excludes halogenated alkanes) is 1. The number of hydrogen-bond acceptors (Lipinski definition) is 3. The van der Waals surface area contributed by atoms with Crippen molar-refractivity contribution in [3.8, 4) is 0 Å². The van der Waals surface area contributed by atoms with Crippen molar-refractivity contribution >= 4 is 33.2 Å². The summed E-state index contributed by atoms with van der Waals surface area (Å²) in [5, 5.41) is 2.57. The molecule has 0 aliphatic carbocycles. The maximum absolute atomic E-state index is 11.9. The quantitative estimate of drug-likeness (QED) is 0.597. The number of carbonyl (C=O) groups is 1. The Morgan fingerprint density at radius 2 is 1.84 bits per heavy atom. The first-order valence-electron chi connectivity index (χ1n) is 5.89. The third kappa shape index (κ3) is 5.59. The molecule has 0 aliphatic rings. The van der Waals surface area contributed by atoms with Crippen LogP contribution in [0.25, 0.3) is 0 Å². The van der Waals surface area contributed by atoms with Gasteiger partial charge in [0.15, 0.2) is 0 Å². The smallest absolute Gasteiger partial charge is 0.240 e.